The Morgan fingerprint density at radius 2 is 1.81 bits per heavy atom. The number of methoxy groups -OCH3 is 2. The Balaban J connectivity index is 1.35. The van der Waals surface area contributed by atoms with Crippen molar-refractivity contribution in [3.05, 3.63) is 42.1 Å². The number of nitrogens with two attached hydrogens (primary N) is 1. The normalized spacial score (nSPS) is 19.4. The van der Waals surface area contributed by atoms with Crippen LogP contribution in [0.5, 0.6) is 5.75 Å². The summed E-state index contributed by atoms with van der Waals surface area (Å²) in [5.74, 6) is 2.21. The van der Waals surface area contributed by atoms with Gasteiger partial charge in [-0.1, -0.05) is 0 Å². The zero-order valence-electron chi connectivity index (χ0n) is 24.2. The summed E-state index contributed by atoms with van der Waals surface area (Å²) < 4.78 is 15.3. The molecule has 3 aliphatic rings. The number of pyridine rings is 1. The van der Waals surface area contributed by atoms with Gasteiger partial charge in [0, 0.05) is 68.4 Å². The maximum Gasteiger partial charge on any atom is 0.409 e. The Kier molecular flexibility index (Phi) is 6.76. The summed E-state index contributed by atoms with van der Waals surface area (Å²) in [6.45, 7) is 3.97. The minimum Gasteiger partial charge on any atom is -0.494 e. The number of imidazole rings is 1. The van der Waals surface area contributed by atoms with E-state index >= 15 is 0 Å². The van der Waals surface area contributed by atoms with Crippen molar-refractivity contribution < 1.29 is 19.1 Å². The molecular weight excluding hydrogens is 534 g/mol. The molecule has 2 N–H and O–H groups in total. The van der Waals surface area contributed by atoms with Crippen LogP contribution < -0.4 is 10.5 Å². The maximum atomic E-state index is 13.6. The molecule has 11 heteroatoms. The molecule has 0 bridgehead atoms. The third-order valence-corrected chi connectivity index (χ3v) is 8.87. The molecule has 0 radical (unpaired) electrons. The Bertz CT molecular complexity index is 1670. The van der Waals surface area contributed by atoms with E-state index in [1.165, 1.54) is 20.0 Å². The van der Waals surface area contributed by atoms with E-state index in [-0.39, 0.29) is 24.0 Å². The lowest BCUT2D eigenvalue weighted by Gasteiger charge is -2.38. The summed E-state index contributed by atoms with van der Waals surface area (Å²) in [6.07, 6.45) is 5.78. The first-order valence-electron chi connectivity index (χ1n) is 14.8. The average Bonchev–Trinajstić information content (AvgIpc) is 3.63. The van der Waals surface area contributed by atoms with Crippen LogP contribution in [-0.4, -0.2) is 87.3 Å². The lowest BCUT2D eigenvalue weighted by molar-refractivity contribution is 0.0621. The van der Waals surface area contributed by atoms with Crippen LogP contribution in [0, 0.1) is 11.8 Å². The molecule has 11 nitrogen and oxygen atoms in total. The number of ether oxygens (including phenoxy) is 2. The lowest BCUT2D eigenvalue weighted by Crippen LogP contribution is -2.51. The second kappa shape index (κ2) is 10.6. The van der Waals surface area contributed by atoms with E-state index < -0.39 is 0 Å². The smallest absolute Gasteiger partial charge is 0.409 e. The highest BCUT2D eigenvalue weighted by atomic mass is 16.5. The maximum absolute atomic E-state index is 13.6. The number of rotatable bonds is 7. The van der Waals surface area contributed by atoms with Crippen LogP contribution in [0.25, 0.3) is 33.6 Å². The van der Waals surface area contributed by atoms with Crippen molar-refractivity contribution in [2.75, 3.05) is 40.4 Å². The quantitative estimate of drug-likeness (QED) is 0.359. The number of carbonyl (C=O) groups is 2. The van der Waals surface area contributed by atoms with Crippen LogP contribution in [0.15, 0.2) is 36.5 Å². The van der Waals surface area contributed by atoms with Crippen LogP contribution in [0.3, 0.4) is 0 Å². The van der Waals surface area contributed by atoms with Gasteiger partial charge in [0.2, 0.25) is 0 Å². The van der Waals surface area contributed by atoms with E-state index in [0.717, 1.165) is 47.5 Å². The third kappa shape index (κ3) is 4.75. The highest BCUT2D eigenvalue weighted by Crippen LogP contribution is 2.39. The first-order chi connectivity index (χ1) is 20.4. The van der Waals surface area contributed by atoms with Crippen molar-refractivity contribution in [1.29, 1.82) is 0 Å². The zero-order valence-corrected chi connectivity index (χ0v) is 24.2. The molecule has 3 aromatic heterocycles. The van der Waals surface area contributed by atoms with Crippen LogP contribution in [-0.2, 0) is 17.8 Å². The number of likely N-dealkylation sites (tertiary alicyclic amines) is 2. The fourth-order valence-corrected chi connectivity index (χ4v) is 6.50. The van der Waals surface area contributed by atoms with Gasteiger partial charge in [0.25, 0.3) is 5.91 Å². The Morgan fingerprint density at radius 3 is 2.55 bits per heavy atom. The molecule has 2 amide bonds. The van der Waals surface area contributed by atoms with Gasteiger partial charge in [-0.25, -0.2) is 14.8 Å². The highest BCUT2D eigenvalue weighted by molar-refractivity contribution is 6.00. The molecule has 0 spiro atoms. The number of carbonyl (C=O) groups excluding carboxylic acids is 2. The second-order valence-electron chi connectivity index (χ2n) is 12.0. The van der Waals surface area contributed by atoms with Gasteiger partial charge in [0.15, 0.2) is 5.82 Å². The molecule has 0 unspecified atom stereocenters. The van der Waals surface area contributed by atoms with Gasteiger partial charge >= 0.3 is 6.09 Å². The van der Waals surface area contributed by atoms with Crippen LogP contribution in [0.2, 0.25) is 0 Å². The van der Waals surface area contributed by atoms with Gasteiger partial charge in [-0.15, -0.1) is 0 Å². The van der Waals surface area contributed by atoms with Gasteiger partial charge in [-0.05, 0) is 61.9 Å². The van der Waals surface area contributed by atoms with E-state index in [1.807, 2.05) is 29.3 Å². The highest BCUT2D eigenvalue weighted by Gasteiger charge is 2.34. The van der Waals surface area contributed by atoms with Gasteiger partial charge in [0.05, 0.1) is 25.4 Å². The molecule has 1 atom stereocenters. The molecule has 3 fully saturated rings. The Hall–Kier alpha value is -4.12. The number of piperidine rings is 1. The lowest BCUT2D eigenvalue weighted by atomic mass is 10.0. The molecule has 1 aliphatic carbocycles. The van der Waals surface area contributed by atoms with E-state index in [0.29, 0.717) is 55.5 Å². The number of amides is 2. The topological polar surface area (TPSA) is 121 Å². The molecule has 5 heterocycles. The summed E-state index contributed by atoms with van der Waals surface area (Å²) in [5, 5.41) is 1.07. The number of aromatic nitrogens is 4. The molecule has 42 heavy (non-hydrogen) atoms. The predicted octanol–water partition coefficient (Wildman–Crippen LogP) is 3.73. The molecule has 1 saturated carbocycles. The fraction of sp³-hybridized carbons (Fsp3) is 0.484. The SMILES string of the molecule is COC(=O)N1CC(Cn2c(-c3cc4cccnc4n3CC3CC3)nc3cc(C(=O)N4CCC[C@@H](N)C4)cc(OC)c32)C1. The van der Waals surface area contributed by atoms with Gasteiger partial charge < -0.3 is 34.1 Å². The third-order valence-electron chi connectivity index (χ3n) is 8.87. The first kappa shape index (κ1) is 26.8. The standard InChI is InChI=1S/C31H37N7O4/c1-41-26-13-22(30(39)35-10-4-6-23(32)18-35)11-24-27(26)38(17-20-14-36(15-20)31(40)42-2)29(34-24)25-12-21-5-3-9-33-28(21)37(25)16-19-7-8-19/h3,5,9,11-13,19-20,23H,4,6-8,10,14-18,32H2,1-2H3/t23-/m1/s1. The molecule has 2 aliphatic heterocycles. The van der Waals surface area contributed by atoms with Crippen molar-refractivity contribution in [2.24, 2.45) is 17.6 Å². The van der Waals surface area contributed by atoms with Crippen LogP contribution in [0.4, 0.5) is 4.79 Å². The van der Waals surface area contributed by atoms with Gasteiger partial charge in [-0.2, -0.15) is 0 Å². The Morgan fingerprint density at radius 1 is 1.00 bits per heavy atom. The monoisotopic (exact) mass is 571 g/mol. The van der Waals surface area contributed by atoms with Crippen molar-refractivity contribution in [2.45, 2.75) is 44.8 Å². The summed E-state index contributed by atoms with van der Waals surface area (Å²) in [4.78, 5) is 39.1. The summed E-state index contributed by atoms with van der Waals surface area (Å²) in [7, 11) is 3.04. The number of nitrogens with zero attached hydrogens (tertiary/aromatic N) is 6. The summed E-state index contributed by atoms with van der Waals surface area (Å²) >= 11 is 0. The number of hydrogen-bond donors (Lipinski definition) is 1. The molecule has 7 rings (SSSR count). The van der Waals surface area contributed by atoms with E-state index in [4.69, 9.17) is 25.2 Å². The van der Waals surface area contributed by atoms with Gasteiger partial charge in [0.1, 0.15) is 16.9 Å². The summed E-state index contributed by atoms with van der Waals surface area (Å²) in [6, 6.07) is 9.91. The van der Waals surface area contributed by atoms with Crippen molar-refractivity contribution in [3.8, 4) is 17.3 Å². The number of hydrogen-bond acceptors (Lipinski definition) is 7. The van der Waals surface area contributed by atoms with Gasteiger partial charge in [-0.3, -0.25) is 4.79 Å². The van der Waals surface area contributed by atoms with Crippen LogP contribution in [0.1, 0.15) is 36.0 Å². The molecule has 1 aromatic carbocycles. The fourth-order valence-electron chi connectivity index (χ4n) is 6.50. The Labute approximate surface area is 244 Å². The largest absolute Gasteiger partial charge is 0.494 e. The first-order valence-corrected chi connectivity index (χ1v) is 14.8. The molecule has 4 aromatic rings. The predicted molar refractivity (Wildman–Crippen MR) is 158 cm³/mol. The number of benzene rings is 1. The van der Waals surface area contributed by atoms with E-state index in [1.54, 1.807) is 12.0 Å². The summed E-state index contributed by atoms with van der Waals surface area (Å²) in [5.41, 5.74) is 10.2. The number of fused-ring (bicyclic) bond motifs is 2. The molecular formula is C31H37N7O4. The zero-order chi connectivity index (χ0) is 29.0. The van der Waals surface area contributed by atoms with Crippen molar-refractivity contribution >= 4 is 34.1 Å². The molecule has 220 valence electrons. The van der Waals surface area contributed by atoms with Crippen molar-refractivity contribution in [1.82, 2.24) is 28.9 Å². The minimum absolute atomic E-state index is 0.00633. The van der Waals surface area contributed by atoms with E-state index in [9.17, 15) is 9.59 Å². The minimum atomic E-state index is -0.309. The molecule has 2 saturated heterocycles. The second-order valence-corrected chi connectivity index (χ2v) is 12.0. The van der Waals surface area contributed by atoms with E-state index in [2.05, 4.69) is 21.3 Å². The van der Waals surface area contributed by atoms with Crippen LogP contribution >= 0.6 is 0 Å². The van der Waals surface area contributed by atoms with Crippen molar-refractivity contribution in [3.63, 3.8) is 0 Å². The average molecular weight is 572 g/mol.